The molecule has 1 aromatic carbocycles. The summed E-state index contributed by atoms with van der Waals surface area (Å²) in [5.41, 5.74) is 6.66. The molecule has 0 aliphatic heterocycles. The normalized spacial score (nSPS) is 11.6. The first-order valence-electron chi connectivity index (χ1n) is 8.55. The van der Waals surface area contributed by atoms with E-state index in [9.17, 15) is 9.59 Å². The van der Waals surface area contributed by atoms with Gasteiger partial charge >= 0.3 is 6.03 Å². The smallest absolute Gasteiger partial charge is 0.333 e. The molecule has 0 saturated carbocycles. The third kappa shape index (κ3) is 7.30. The Kier molecular flexibility index (Phi) is 7.66. The lowest BCUT2D eigenvalue weighted by atomic mass is 10.2. The first-order chi connectivity index (χ1) is 12.8. The van der Waals surface area contributed by atoms with Crippen molar-refractivity contribution in [2.45, 2.75) is 27.3 Å². The number of hydrogen-bond donors (Lipinski definition) is 3. The number of hydrogen-bond acceptors (Lipinski definition) is 4. The van der Waals surface area contributed by atoms with Crippen molar-refractivity contribution < 1.29 is 14.3 Å². The lowest BCUT2D eigenvalue weighted by Gasteiger charge is -2.15. The Bertz CT molecular complexity index is 776. The van der Waals surface area contributed by atoms with Crippen LogP contribution in [0.15, 0.2) is 34.8 Å². The van der Waals surface area contributed by atoms with Gasteiger partial charge in [-0.15, -0.1) is 0 Å². The Morgan fingerprint density at radius 3 is 2.56 bits per heavy atom. The number of ether oxygens (including phenoxy) is 1. The standard InChI is InChI=1S/C18H24BrN5O3/c1-12(10-24-14(3)8-13(2)23-24)9-20-18(26)22-21-17(25)11-27-16-6-4-15(19)5-7-16/h4-8,12H,9-11H2,1-3H3,(H,21,25)(H2,20,22,26). The average molecular weight is 438 g/mol. The summed E-state index contributed by atoms with van der Waals surface area (Å²) < 4.78 is 8.16. The van der Waals surface area contributed by atoms with Crippen LogP contribution in [0.3, 0.4) is 0 Å². The van der Waals surface area contributed by atoms with Gasteiger partial charge in [0.2, 0.25) is 0 Å². The van der Waals surface area contributed by atoms with Gasteiger partial charge in [-0.25, -0.2) is 10.2 Å². The topological polar surface area (TPSA) is 97.3 Å². The summed E-state index contributed by atoms with van der Waals surface area (Å²) in [5.74, 6) is 0.296. The molecular weight excluding hydrogens is 414 g/mol. The van der Waals surface area contributed by atoms with Crippen LogP contribution in [0.2, 0.25) is 0 Å². The molecule has 1 unspecified atom stereocenters. The van der Waals surface area contributed by atoms with E-state index in [1.54, 1.807) is 12.1 Å². The van der Waals surface area contributed by atoms with Crippen LogP contribution >= 0.6 is 15.9 Å². The average Bonchev–Trinajstić information content (AvgIpc) is 2.94. The number of hydrazine groups is 1. The van der Waals surface area contributed by atoms with Gasteiger partial charge in [-0.3, -0.25) is 14.9 Å². The van der Waals surface area contributed by atoms with Gasteiger partial charge in [-0.1, -0.05) is 22.9 Å². The van der Waals surface area contributed by atoms with Crippen LogP contribution in [-0.2, 0) is 11.3 Å². The molecule has 0 saturated heterocycles. The van der Waals surface area contributed by atoms with Crippen molar-refractivity contribution in [3.05, 3.63) is 46.2 Å². The van der Waals surface area contributed by atoms with E-state index in [0.717, 1.165) is 15.9 Å². The van der Waals surface area contributed by atoms with E-state index in [0.29, 0.717) is 18.8 Å². The number of amides is 3. The number of aromatic nitrogens is 2. The molecule has 0 aliphatic rings. The summed E-state index contributed by atoms with van der Waals surface area (Å²) in [6, 6.07) is 8.63. The maximum absolute atomic E-state index is 11.8. The van der Waals surface area contributed by atoms with Crippen LogP contribution in [0, 0.1) is 19.8 Å². The molecule has 0 fully saturated rings. The molecule has 9 heteroatoms. The fraction of sp³-hybridized carbons (Fsp3) is 0.389. The molecule has 1 atom stereocenters. The zero-order valence-electron chi connectivity index (χ0n) is 15.6. The highest BCUT2D eigenvalue weighted by atomic mass is 79.9. The first kappa shape index (κ1) is 20.8. The first-order valence-corrected chi connectivity index (χ1v) is 9.35. The minimum atomic E-state index is -0.479. The predicted octanol–water partition coefficient (Wildman–Crippen LogP) is 2.31. The molecule has 0 radical (unpaired) electrons. The highest BCUT2D eigenvalue weighted by Gasteiger charge is 2.10. The predicted molar refractivity (Wildman–Crippen MR) is 105 cm³/mol. The molecular formula is C18H24BrN5O3. The van der Waals surface area contributed by atoms with E-state index in [-0.39, 0.29) is 12.5 Å². The highest BCUT2D eigenvalue weighted by molar-refractivity contribution is 9.10. The maximum atomic E-state index is 11.8. The molecule has 146 valence electrons. The van der Waals surface area contributed by atoms with Crippen molar-refractivity contribution in [3.63, 3.8) is 0 Å². The summed E-state index contributed by atoms with van der Waals surface area (Å²) in [7, 11) is 0. The minimum Gasteiger partial charge on any atom is -0.484 e. The van der Waals surface area contributed by atoms with Crippen molar-refractivity contribution in [2.24, 2.45) is 5.92 Å². The number of rotatable bonds is 7. The molecule has 3 amide bonds. The summed E-state index contributed by atoms with van der Waals surface area (Å²) in [6.07, 6.45) is 0. The van der Waals surface area contributed by atoms with E-state index in [1.807, 2.05) is 43.7 Å². The molecule has 0 bridgehead atoms. The van der Waals surface area contributed by atoms with E-state index in [2.05, 4.69) is 37.2 Å². The van der Waals surface area contributed by atoms with Crippen molar-refractivity contribution >= 4 is 27.9 Å². The quantitative estimate of drug-likeness (QED) is 0.578. The van der Waals surface area contributed by atoms with E-state index < -0.39 is 11.9 Å². The van der Waals surface area contributed by atoms with Crippen LogP contribution in [0.5, 0.6) is 5.75 Å². The van der Waals surface area contributed by atoms with Gasteiger partial charge in [-0.05, 0) is 50.1 Å². The van der Waals surface area contributed by atoms with Gasteiger partial charge in [0.05, 0.1) is 5.69 Å². The van der Waals surface area contributed by atoms with Gasteiger partial charge in [0.1, 0.15) is 5.75 Å². The number of benzene rings is 1. The number of halogens is 1. The molecule has 2 rings (SSSR count). The molecule has 1 aromatic heterocycles. The highest BCUT2D eigenvalue weighted by Crippen LogP contribution is 2.15. The van der Waals surface area contributed by atoms with Crippen LogP contribution in [-0.4, -0.2) is 34.9 Å². The van der Waals surface area contributed by atoms with Crippen LogP contribution < -0.4 is 20.9 Å². The lowest BCUT2D eigenvalue weighted by molar-refractivity contribution is -0.123. The van der Waals surface area contributed by atoms with Crippen molar-refractivity contribution in [3.8, 4) is 5.75 Å². The summed E-state index contributed by atoms with van der Waals surface area (Å²) in [4.78, 5) is 23.5. The van der Waals surface area contributed by atoms with Gasteiger partial charge < -0.3 is 10.1 Å². The number of nitrogens with one attached hydrogen (secondary N) is 3. The minimum absolute atomic E-state index is 0.185. The molecule has 8 nitrogen and oxygen atoms in total. The Balaban J connectivity index is 1.62. The van der Waals surface area contributed by atoms with Crippen molar-refractivity contribution in [2.75, 3.05) is 13.2 Å². The molecule has 3 N–H and O–H groups in total. The maximum Gasteiger partial charge on any atom is 0.333 e. The molecule has 27 heavy (non-hydrogen) atoms. The summed E-state index contributed by atoms with van der Waals surface area (Å²) >= 11 is 3.32. The lowest BCUT2D eigenvalue weighted by Crippen LogP contribution is -2.49. The zero-order chi connectivity index (χ0) is 19.8. The molecule has 1 heterocycles. The third-order valence-corrected chi connectivity index (χ3v) is 4.23. The van der Waals surface area contributed by atoms with Gasteiger partial charge in [-0.2, -0.15) is 5.10 Å². The molecule has 2 aromatic rings. The number of nitrogens with zero attached hydrogens (tertiary/aromatic N) is 2. The Labute approximate surface area is 166 Å². The Hall–Kier alpha value is -2.55. The van der Waals surface area contributed by atoms with E-state index >= 15 is 0 Å². The monoisotopic (exact) mass is 437 g/mol. The number of aryl methyl sites for hydroxylation is 2. The summed E-state index contributed by atoms with van der Waals surface area (Å²) in [5, 5.41) is 7.11. The van der Waals surface area contributed by atoms with E-state index in [4.69, 9.17) is 4.74 Å². The fourth-order valence-electron chi connectivity index (χ4n) is 2.37. The van der Waals surface area contributed by atoms with Crippen molar-refractivity contribution in [1.29, 1.82) is 0 Å². The zero-order valence-corrected chi connectivity index (χ0v) is 17.2. The molecule has 0 spiro atoms. The van der Waals surface area contributed by atoms with Gasteiger partial charge in [0.15, 0.2) is 6.61 Å². The Morgan fingerprint density at radius 2 is 1.93 bits per heavy atom. The summed E-state index contributed by atoms with van der Waals surface area (Å²) in [6.45, 7) is 6.92. The number of carbonyl (C=O) groups is 2. The second-order valence-corrected chi connectivity index (χ2v) is 7.26. The number of carbonyl (C=O) groups excluding carboxylic acids is 2. The van der Waals surface area contributed by atoms with Gasteiger partial charge in [0, 0.05) is 23.3 Å². The second kappa shape index (κ2) is 9.96. The van der Waals surface area contributed by atoms with Crippen LogP contribution in [0.4, 0.5) is 4.79 Å². The second-order valence-electron chi connectivity index (χ2n) is 6.34. The largest absolute Gasteiger partial charge is 0.484 e. The van der Waals surface area contributed by atoms with Crippen LogP contribution in [0.25, 0.3) is 0 Å². The van der Waals surface area contributed by atoms with Crippen molar-refractivity contribution in [1.82, 2.24) is 25.9 Å². The SMILES string of the molecule is Cc1cc(C)n(CC(C)CNC(=O)NNC(=O)COc2ccc(Br)cc2)n1. The van der Waals surface area contributed by atoms with Gasteiger partial charge in [0.25, 0.3) is 5.91 Å². The number of urea groups is 1. The molecule has 0 aliphatic carbocycles. The Morgan fingerprint density at radius 1 is 1.22 bits per heavy atom. The van der Waals surface area contributed by atoms with Crippen LogP contribution in [0.1, 0.15) is 18.3 Å². The fourth-order valence-corrected chi connectivity index (χ4v) is 2.64. The third-order valence-electron chi connectivity index (χ3n) is 3.70. The van der Waals surface area contributed by atoms with E-state index in [1.165, 1.54) is 0 Å².